The Morgan fingerprint density at radius 2 is 1.88 bits per heavy atom. The van der Waals surface area contributed by atoms with Crippen LogP contribution in [0.15, 0.2) is 53.6 Å². The molecule has 41 heavy (non-hydrogen) atoms. The van der Waals surface area contributed by atoms with Gasteiger partial charge in [0.15, 0.2) is 11.6 Å². The molecule has 0 bridgehead atoms. The van der Waals surface area contributed by atoms with Crippen molar-refractivity contribution >= 4 is 23.2 Å². The summed E-state index contributed by atoms with van der Waals surface area (Å²) < 4.78 is 0. The number of nitrogens with zero attached hydrogens (tertiary/aromatic N) is 4. The van der Waals surface area contributed by atoms with Crippen molar-refractivity contribution in [3.8, 4) is 0 Å². The molecule has 6 rings (SSSR count). The van der Waals surface area contributed by atoms with E-state index in [2.05, 4.69) is 79.7 Å². The Kier molecular flexibility index (Phi) is 7.50. The summed E-state index contributed by atoms with van der Waals surface area (Å²) in [4.78, 5) is 38.1. The van der Waals surface area contributed by atoms with E-state index < -0.39 is 0 Å². The largest absolute Gasteiger partial charge is 0.357 e. The van der Waals surface area contributed by atoms with Gasteiger partial charge in [0, 0.05) is 50.6 Å². The Labute approximate surface area is 246 Å². The molecule has 5 aliphatic rings. The van der Waals surface area contributed by atoms with E-state index in [-0.39, 0.29) is 22.5 Å². The van der Waals surface area contributed by atoms with Crippen molar-refractivity contribution in [2.75, 3.05) is 55.6 Å². The molecule has 0 N–H and O–H groups in total. The number of carbonyl (C=O) groups excluding carboxylic acids is 2. The zero-order chi connectivity index (χ0) is 28.9. The standard InChI is InChI=1S/C35H48N4O2/c1-6-38(7-2)31-9-8-10-32(36-31)39-19-17-37(18-20-39)23-30(41)33-24(3)21-29-27-12-11-25-22-26(40)13-15-34(25,4)28(27)14-16-35(29,33)5/h8-10,13-15,22,24,27,29,33H,6-7,11-12,16-21,23H2,1-5H3/t24-,27-,29+,33-,34+,35+/m1/s1. The zero-order valence-electron chi connectivity index (χ0n) is 25.7. The smallest absolute Gasteiger partial charge is 0.178 e. The summed E-state index contributed by atoms with van der Waals surface area (Å²) in [5.74, 6) is 4.23. The number of rotatable bonds is 7. The molecular weight excluding hydrogens is 508 g/mol. The van der Waals surface area contributed by atoms with Gasteiger partial charge in [0.25, 0.3) is 0 Å². The molecule has 1 aromatic rings. The van der Waals surface area contributed by atoms with Crippen molar-refractivity contribution < 1.29 is 9.59 Å². The van der Waals surface area contributed by atoms with Crippen molar-refractivity contribution in [3.63, 3.8) is 0 Å². The van der Waals surface area contributed by atoms with Crippen molar-refractivity contribution in [2.24, 2.45) is 34.5 Å². The van der Waals surface area contributed by atoms with Crippen LogP contribution in [-0.4, -0.2) is 67.3 Å². The molecule has 6 heteroatoms. The average Bonchev–Trinajstić information content (AvgIpc) is 3.24. The fourth-order valence-corrected chi connectivity index (χ4v) is 9.34. The average molecular weight is 557 g/mol. The van der Waals surface area contributed by atoms with Crippen LogP contribution in [0.5, 0.6) is 0 Å². The predicted molar refractivity (Wildman–Crippen MR) is 166 cm³/mol. The molecule has 0 aromatic carbocycles. The lowest BCUT2D eigenvalue weighted by atomic mass is 9.52. The van der Waals surface area contributed by atoms with Gasteiger partial charge in [-0.15, -0.1) is 0 Å². The third-order valence-corrected chi connectivity index (χ3v) is 11.5. The first-order chi connectivity index (χ1) is 19.7. The topological polar surface area (TPSA) is 56.8 Å². The molecular formula is C35H48N4O2. The molecule has 220 valence electrons. The van der Waals surface area contributed by atoms with Gasteiger partial charge in [-0.2, -0.15) is 0 Å². The van der Waals surface area contributed by atoms with E-state index >= 15 is 0 Å². The number of piperazine rings is 1. The highest BCUT2D eigenvalue weighted by atomic mass is 16.1. The molecule has 0 amide bonds. The Morgan fingerprint density at radius 3 is 2.61 bits per heavy atom. The first kappa shape index (κ1) is 28.4. The molecule has 6 atom stereocenters. The molecule has 1 saturated heterocycles. The van der Waals surface area contributed by atoms with Crippen LogP contribution in [0, 0.1) is 34.5 Å². The van der Waals surface area contributed by atoms with Gasteiger partial charge in [0.05, 0.1) is 6.54 Å². The summed E-state index contributed by atoms with van der Waals surface area (Å²) in [6.45, 7) is 17.5. The number of pyridine rings is 1. The second-order valence-electron chi connectivity index (χ2n) is 13.7. The fourth-order valence-electron chi connectivity index (χ4n) is 9.34. The van der Waals surface area contributed by atoms with Crippen LogP contribution in [0.3, 0.4) is 0 Å². The maximum Gasteiger partial charge on any atom is 0.178 e. The fraction of sp³-hybridized carbons (Fsp3) is 0.629. The number of allylic oxidation sites excluding steroid dienone is 6. The van der Waals surface area contributed by atoms with Crippen molar-refractivity contribution in [1.29, 1.82) is 0 Å². The third-order valence-electron chi connectivity index (χ3n) is 11.5. The highest BCUT2D eigenvalue weighted by molar-refractivity contribution is 6.01. The number of hydrogen-bond acceptors (Lipinski definition) is 6. The van der Waals surface area contributed by atoms with E-state index in [0.29, 0.717) is 30.1 Å². The number of anilines is 2. The third kappa shape index (κ3) is 4.80. The Balaban J connectivity index is 1.12. The van der Waals surface area contributed by atoms with E-state index in [4.69, 9.17) is 4.98 Å². The summed E-state index contributed by atoms with van der Waals surface area (Å²) in [7, 11) is 0. The van der Waals surface area contributed by atoms with Gasteiger partial charge in [-0.1, -0.05) is 43.2 Å². The van der Waals surface area contributed by atoms with E-state index in [0.717, 1.165) is 76.6 Å². The summed E-state index contributed by atoms with van der Waals surface area (Å²) in [5, 5.41) is 0. The molecule has 1 aromatic heterocycles. The molecule has 2 heterocycles. The van der Waals surface area contributed by atoms with Crippen molar-refractivity contribution in [3.05, 3.63) is 53.6 Å². The lowest BCUT2D eigenvalue weighted by Gasteiger charge is -2.52. The molecule has 2 saturated carbocycles. The van der Waals surface area contributed by atoms with Crippen LogP contribution in [0.4, 0.5) is 11.6 Å². The lowest BCUT2D eigenvalue weighted by Crippen LogP contribution is -2.50. The van der Waals surface area contributed by atoms with Crippen LogP contribution in [0.2, 0.25) is 0 Å². The zero-order valence-corrected chi connectivity index (χ0v) is 25.7. The Morgan fingerprint density at radius 1 is 1.12 bits per heavy atom. The summed E-state index contributed by atoms with van der Waals surface area (Å²) in [6.07, 6.45) is 12.5. The SMILES string of the molecule is CCN(CC)c1cccc(N2CCN(CC(=O)[C@H]3[C@H](C)C[C@H]4[C@@H]5CCC6=CC(=O)C=C[C@]6(C)C5=CC[C@@]43C)CC2)n1. The van der Waals surface area contributed by atoms with E-state index in [1.165, 1.54) is 11.1 Å². The monoisotopic (exact) mass is 556 g/mol. The second kappa shape index (κ2) is 10.8. The molecule has 0 spiro atoms. The Hall–Kier alpha value is -2.73. The van der Waals surface area contributed by atoms with E-state index in [1.807, 2.05) is 6.08 Å². The van der Waals surface area contributed by atoms with Crippen LogP contribution in [0.1, 0.15) is 60.3 Å². The molecule has 6 nitrogen and oxygen atoms in total. The molecule has 0 radical (unpaired) electrons. The van der Waals surface area contributed by atoms with Crippen LogP contribution in [0.25, 0.3) is 0 Å². The number of ketones is 2. The minimum atomic E-state index is -0.122. The van der Waals surface area contributed by atoms with Crippen LogP contribution < -0.4 is 9.80 Å². The quantitative estimate of drug-likeness (QED) is 0.401. The van der Waals surface area contributed by atoms with Gasteiger partial charge in [-0.05, 0) is 93.9 Å². The molecule has 1 aliphatic heterocycles. The maximum atomic E-state index is 14.1. The molecule has 0 unspecified atom stereocenters. The highest BCUT2D eigenvalue weighted by Crippen LogP contribution is 2.65. The number of hydrogen-bond donors (Lipinski definition) is 0. The summed E-state index contributed by atoms with van der Waals surface area (Å²) in [6, 6.07) is 6.33. The molecule has 4 aliphatic carbocycles. The second-order valence-corrected chi connectivity index (χ2v) is 13.7. The Bertz CT molecular complexity index is 1290. The number of aromatic nitrogens is 1. The van der Waals surface area contributed by atoms with Crippen molar-refractivity contribution in [1.82, 2.24) is 9.88 Å². The first-order valence-electron chi connectivity index (χ1n) is 16.0. The van der Waals surface area contributed by atoms with Gasteiger partial charge < -0.3 is 9.80 Å². The van der Waals surface area contributed by atoms with Crippen LogP contribution >= 0.6 is 0 Å². The minimum Gasteiger partial charge on any atom is -0.357 e. The normalized spacial score (nSPS) is 34.9. The van der Waals surface area contributed by atoms with Crippen LogP contribution in [-0.2, 0) is 9.59 Å². The number of fused-ring (bicyclic) bond motifs is 5. The van der Waals surface area contributed by atoms with Gasteiger partial charge >= 0.3 is 0 Å². The van der Waals surface area contributed by atoms with E-state index in [9.17, 15) is 9.59 Å². The van der Waals surface area contributed by atoms with Gasteiger partial charge in [-0.3, -0.25) is 14.5 Å². The number of carbonyl (C=O) groups is 2. The van der Waals surface area contributed by atoms with E-state index in [1.54, 1.807) is 6.08 Å². The van der Waals surface area contributed by atoms with Crippen molar-refractivity contribution in [2.45, 2.75) is 60.3 Å². The highest BCUT2D eigenvalue weighted by Gasteiger charge is 2.59. The van der Waals surface area contributed by atoms with Gasteiger partial charge in [-0.25, -0.2) is 4.98 Å². The summed E-state index contributed by atoms with van der Waals surface area (Å²) >= 11 is 0. The number of Topliss-reactive ketones (excluding diaryl/α,β-unsaturated/α-hetero) is 1. The first-order valence-corrected chi connectivity index (χ1v) is 16.0. The maximum absolute atomic E-state index is 14.1. The lowest BCUT2D eigenvalue weighted by molar-refractivity contribution is -0.129. The molecule has 3 fully saturated rings. The summed E-state index contributed by atoms with van der Waals surface area (Å²) in [5.41, 5.74) is 2.69. The minimum absolute atomic E-state index is 0.0209. The predicted octanol–water partition coefficient (Wildman–Crippen LogP) is 5.71. The van der Waals surface area contributed by atoms with Gasteiger partial charge in [0.2, 0.25) is 0 Å². The van der Waals surface area contributed by atoms with Gasteiger partial charge in [0.1, 0.15) is 11.6 Å².